The number of amides is 1. The molecule has 25 heavy (non-hydrogen) atoms. The Bertz CT molecular complexity index is 741. The molecule has 5 nitrogen and oxygen atoms in total. The van der Waals surface area contributed by atoms with Crippen LogP contribution in [0.5, 0.6) is 0 Å². The summed E-state index contributed by atoms with van der Waals surface area (Å²) in [6.07, 6.45) is 0. The molecule has 0 fully saturated rings. The highest BCUT2D eigenvalue weighted by Gasteiger charge is 2.20. The van der Waals surface area contributed by atoms with E-state index >= 15 is 0 Å². The molecule has 1 aromatic carbocycles. The Hall–Kier alpha value is -2.41. The van der Waals surface area contributed by atoms with Gasteiger partial charge in [-0.15, -0.1) is 11.3 Å². The van der Waals surface area contributed by atoms with Gasteiger partial charge in [0.15, 0.2) is 0 Å². The summed E-state index contributed by atoms with van der Waals surface area (Å²) in [5, 5.41) is 6.13. The minimum Gasteiger partial charge on any atom is -0.462 e. The van der Waals surface area contributed by atoms with E-state index in [1.54, 1.807) is 25.1 Å². The Morgan fingerprint density at radius 1 is 1.24 bits per heavy atom. The normalized spacial score (nSPS) is 10.6. The third-order valence-electron chi connectivity index (χ3n) is 3.37. The average molecular weight is 364 g/mol. The van der Waals surface area contributed by atoms with Crippen LogP contribution in [-0.2, 0) is 9.53 Å². The molecule has 1 amide bonds. The second-order valence-corrected chi connectivity index (χ2v) is 6.76. The summed E-state index contributed by atoms with van der Waals surface area (Å²) in [4.78, 5) is 25.2. The fraction of sp³-hybridized carbons (Fsp3) is 0.333. The number of carbonyl (C=O) groups excluding carboxylic acids is 2. The smallest absolute Gasteiger partial charge is 0.341 e. The predicted molar refractivity (Wildman–Crippen MR) is 97.9 cm³/mol. The molecule has 7 heteroatoms. The van der Waals surface area contributed by atoms with Gasteiger partial charge in [0, 0.05) is 10.6 Å². The zero-order valence-corrected chi connectivity index (χ0v) is 15.2. The quantitative estimate of drug-likeness (QED) is 0.721. The summed E-state index contributed by atoms with van der Waals surface area (Å²) >= 11 is 1.36. The lowest BCUT2D eigenvalue weighted by Crippen LogP contribution is -2.22. The van der Waals surface area contributed by atoms with Crippen LogP contribution in [0.25, 0.3) is 0 Å². The summed E-state index contributed by atoms with van der Waals surface area (Å²) in [5.74, 6) is -0.852. The molecule has 2 aromatic rings. The number of carbonyl (C=O) groups is 2. The van der Waals surface area contributed by atoms with E-state index < -0.39 is 5.97 Å². The van der Waals surface area contributed by atoms with E-state index in [9.17, 15) is 14.0 Å². The fourth-order valence-corrected chi connectivity index (χ4v) is 3.13. The average Bonchev–Trinajstić information content (AvgIpc) is 2.99. The van der Waals surface area contributed by atoms with Crippen LogP contribution in [0.15, 0.2) is 30.3 Å². The van der Waals surface area contributed by atoms with Gasteiger partial charge in [0.2, 0.25) is 5.91 Å². The molecule has 0 aliphatic rings. The molecule has 2 N–H and O–H groups in total. The molecule has 134 valence electrons. The van der Waals surface area contributed by atoms with Crippen LogP contribution < -0.4 is 10.6 Å². The molecule has 2 rings (SSSR count). The van der Waals surface area contributed by atoms with Gasteiger partial charge in [0.05, 0.1) is 18.7 Å². The van der Waals surface area contributed by atoms with Crippen LogP contribution in [0.1, 0.15) is 41.9 Å². The zero-order valence-electron chi connectivity index (χ0n) is 14.4. The van der Waals surface area contributed by atoms with Gasteiger partial charge >= 0.3 is 5.97 Å². The van der Waals surface area contributed by atoms with Crippen molar-refractivity contribution in [3.63, 3.8) is 0 Å². The van der Waals surface area contributed by atoms with Crippen LogP contribution in [0.4, 0.5) is 15.1 Å². The van der Waals surface area contributed by atoms with Crippen LogP contribution in [0.3, 0.4) is 0 Å². The SMILES string of the molecule is CCOC(=O)c1cc(C(C)C)sc1NC(=O)CNc1ccc(F)cc1. The van der Waals surface area contributed by atoms with Crippen molar-refractivity contribution in [2.24, 2.45) is 0 Å². The monoisotopic (exact) mass is 364 g/mol. The van der Waals surface area contributed by atoms with Gasteiger partial charge in [-0.05, 0) is 43.2 Å². The van der Waals surface area contributed by atoms with Gasteiger partial charge in [0.1, 0.15) is 10.8 Å². The Kier molecular flexibility index (Phi) is 6.52. The first kappa shape index (κ1) is 18.9. The van der Waals surface area contributed by atoms with Gasteiger partial charge in [-0.2, -0.15) is 0 Å². The number of hydrogen-bond donors (Lipinski definition) is 2. The Morgan fingerprint density at radius 2 is 1.92 bits per heavy atom. The molecule has 0 saturated carbocycles. The van der Waals surface area contributed by atoms with Crippen molar-refractivity contribution in [2.45, 2.75) is 26.7 Å². The van der Waals surface area contributed by atoms with E-state index in [0.29, 0.717) is 16.3 Å². The minimum atomic E-state index is -0.451. The van der Waals surface area contributed by atoms with E-state index in [0.717, 1.165) is 4.88 Å². The lowest BCUT2D eigenvalue weighted by Gasteiger charge is -2.08. The number of hydrogen-bond acceptors (Lipinski definition) is 5. The number of thiophene rings is 1. The topological polar surface area (TPSA) is 67.4 Å². The van der Waals surface area contributed by atoms with Crippen molar-refractivity contribution in [3.05, 3.63) is 46.6 Å². The van der Waals surface area contributed by atoms with Gasteiger partial charge in [0.25, 0.3) is 0 Å². The molecule has 0 radical (unpaired) electrons. The van der Waals surface area contributed by atoms with Gasteiger partial charge in [-0.1, -0.05) is 13.8 Å². The second kappa shape index (κ2) is 8.62. The fourth-order valence-electron chi connectivity index (χ4n) is 2.07. The third kappa shape index (κ3) is 5.29. The highest BCUT2D eigenvalue weighted by Crippen LogP contribution is 2.33. The van der Waals surface area contributed by atoms with Crippen LogP contribution >= 0.6 is 11.3 Å². The summed E-state index contributed by atoms with van der Waals surface area (Å²) in [6.45, 7) is 6.04. The van der Waals surface area contributed by atoms with Crippen molar-refractivity contribution < 1.29 is 18.7 Å². The van der Waals surface area contributed by atoms with Crippen molar-refractivity contribution in [1.82, 2.24) is 0 Å². The summed E-state index contributed by atoms with van der Waals surface area (Å²) < 4.78 is 17.9. The standard InChI is InChI=1S/C18H21FN2O3S/c1-4-24-18(23)14-9-15(11(2)3)25-17(14)21-16(22)10-20-13-7-5-12(19)6-8-13/h5-9,11,20H,4,10H2,1-3H3,(H,21,22). The maximum absolute atomic E-state index is 12.9. The van der Waals surface area contributed by atoms with Crippen molar-refractivity contribution in [2.75, 3.05) is 23.8 Å². The second-order valence-electron chi connectivity index (χ2n) is 5.68. The number of esters is 1. The van der Waals surface area contributed by atoms with Gasteiger partial charge in [-0.25, -0.2) is 9.18 Å². The maximum Gasteiger partial charge on any atom is 0.341 e. The number of benzene rings is 1. The van der Waals surface area contributed by atoms with Crippen molar-refractivity contribution in [3.8, 4) is 0 Å². The lowest BCUT2D eigenvalue weighted by atomic mass is 10.1. The molecule has 0 atom stereocenters. The highest BCUT2D eigenvalue weighted by atomic mass is 32.1. The van der Waals surface area contributed by atoms with Gasteiger partial charge in [-0.3, -0.25) is 4.79 Å². The van der Waals surface area contributed by atoms with E-state index in [-0.39, 0.29) is 30.8 Å². The number of halogens is 1. The molecular weight excluding hydrogens is 343 g/mol. The maximum atomic E-state index is 12.9. The molecule has 1 aromatic heterocycles. The predicted octanol–water partition coefficient (Wildman–Crippen LogP) is 4.24. The van der Waals surface area contributed by atoms with E-state index in [4.69, 9.17) is 4.74 Å². The number of anilines is 2. The largest absolute Gasteiger partial charge is 0.462 e. The molecule has 1 heterocycles. The molecule has 0 bridgehead atoms. The zero-order chi connectivity index (χ0) is 18.4. The Morgan fingerprint density at radius 3 is 2.52 bits per heavy atom. The van der Waals surface area contributed by atoms with Crippen LogP contribution in [0.2, 0.25) is 0 Å². The molecule has 0 saturated heterocycles. The molecular formula is C18H21FN2O3S. The van der Waals surface area contributed by atoms with Crippen molar-refractivity contribution >= 4 is 33.9 Å². The first-order valence-electron chi connectivity index (χ1n) is 8.00. The summed E-state index contributed by atoms with van der Waals surface area (Å²) in [7, 11) is 0. The van der Waals surface area contributed by atoms with Gasteiger partial charge < -0.3 is 15.4 Å². The number of ether oxygens (including phenoxy) is 1. The molecule has 0 unspecified atom stereocenters. The number of rotatable bonds is 7. The highest BCUT2D eigenvalue weighted by molar-refractivity contribution is 7.16. The molecule has 0 aliphatic heterocycles. The molecule has 0 spiro atoms. The number of nitrogens with one attached hydrogen (secondary N) is 2. The first-order chi connectivity index (χ1) is 11.9. The minimum absolute atomic E-state index is 0.00279. The first-order valence-corrected chi connectivity index (χ1v) is 8.82. The van der Waals surface area contributed by atoms with E-state index in [2.05, 4.69) is 10.6 Å². The van der Waals surface area contributed by atoms with Crippen molar-refractivity contribution in [1.29, 1.82) is 0 Å². The van der Waals surface area contributed by atoms with Crippen LogP contribution in [-0.4, -0.2) is 25.0 Å². The van der Waals surface area contributed by atoms with E-state index in [1.807, 2.05) is 13.8 Å². The van der Waals surface area contributed by atoms with E-state index in [1.165, 1.54) is 23.5 Å². The van der Waals surface area contributed by atoms with Crippen LogP contribution in [0, 0.1) is 5.82 Å². The Labute approximate surface area is 150 Å². The lowest BCUT2D eigenvalue weighted by molar-refractivity contribution is -0.114. The summed E-state index contributed by atoms with van der Waals surface area (Å²) in [6, 6.07) is 7.49. The third-order valence-corrected chi connectivity index (χ3v) is 4.72. The summed E-state index contributed by atoms with van der Waals surface area (Å²) in [5.41, 5.74) is 1.00. The molecule has 0 aliphatic carbocycles. The Balaban J connectivity index is 2.05.